The Labute approximate surface area is 158 Å². The van der Waals surface area contributed by atoms with E-state index < -0.39 is 36.1 Å². The molecule has 3 aromatic rings. The summed E-state index contributed by atoms with van der Waals surface area (Å²) in [5.41, 5.74) is 0.808. The largest absolute Gasteiger partial charge is 0.451 e. The van der Waals surface area contributed by atoms with Crippen LogP contribution in [0, 0.1) is 5.82 Å². The summed E-state index contributed by atoms with van der Waals surface area (Å²) in [7, 11) is 0. The number of esters is 1. The standard InChI is InChI=1S/C19H16FN3O5/c1-12(17(25)21-15-9-5-8-14(20)10-15)27-16(24)11-23-19(26)28-18(22-23)13-6-3-2-4-7-13/h2-10,12H,11H2,1H3,(H,21,25)/t12-/m1/s1. The molecule has 8 nitrogen and oxygen atoms in total. The first-order valence-electron chi connectivity index (χ1n) is 8.31. The van der Waals surface area contributed by atoms with Gasteiger partial charge in [-0.1, -0.05) is 24.3 Å². The van der Waals surface area contributed by atoms with Crippen molar-refractivity contribution >= 4 is 17.6 Å². The maximum absolute atomic E-state index is 13.1. The molecule has 0 aliphatic carbocycles. The van der Waals surface area contributed by atoms with Crippen LogP contribution >= 0.6 is 0 Å². The predicted molar refractivity (Wildman–Crippen MR) is 96.8 cm³/mol. The van der Waals surface area contributed by atoms with Crippen molar-refractivity contribution in [1.82, 2.24) is 9.78 Å². The van der Waals surface area contributed by atoms with Gasteiger partial charge in [0.2, 0.25) is 5.89 Å². The summed E-state index contributed by atoms with van der Waals surface area (Å²) in [6.45, 7) is 0.834. The molecule has 0 fully saturated rings. The first kappa shape index (κ1) is 19.0. The molecule has 3 rings (SSSR count). The normalized spacial score (nSPS) is 11.6. The fourth-order valence-electron chi connectivity index (χ4n) is 2.32. The maximum atomic E-state index is 13.1. The lowest BCUT2D eigenvalue weighted by molar-refractivity contribution is -0.154. The molecule has 144 valence electrons. The van der Waals surface area contributed by atoms with Gasteiger partial charge in [0.15, 0.2) is 6.10 Å². The zero-order chi connectivity index (χ0) is 20.1. The third-order valence-corrected chi connectivity index (χ3v) is 3.68. The lowest BCUT2D eigenvalue weighted by Gasteiger charge is -2.13. The minimum Gasteiger partial charge on any atom is -0.451 e. The summed E-state index contributed by atoms with van der Waals surface area (Å²) in [4.78, 5) is 35.9. The Bertz CT molecular complexity index is 1040. The number of carbonyl (C=O) groups is 2. The van der Waals surface area contributed by atoms with Crippen LogP contribution < -0.4 is 11.1 Å². The summed E-state index contributed by atoms with van der Waals surface area (Å²) in [6.07, 6.45) is -1.16. The number of carbonyl (C=O) groups excluding carboxylic acids is 2. The monoisotopic (exact) mass is 385 g/mol. The number of anilines is 1. The van der Waals surface area contributed by atoms with E-state index in [0.29, 0.717) is 5.56 Å². The number of nitrogens with one attached hydrogen (secondary N) is 1. The van der Waals surface area contributed by atoms with Crippen molar-refractivity contribution in [3.8, 4) is 11.5 Å². The quantitative estimate of drug-likeness (QED) is 0.653. The third kappa shape index (κ3) is 4.70. The Morgan fingerprint density at radius 1 is 1.21 bits per heavy atom. The second-order valence-electron chi connectivity index (χ2n) is 5.83. The Morgan fingerprint density at radius 3 is 2.68 bits per heavy atom. The van der Waals surface area contributed by atoms with E-state index in [2.05, 4.69) is 10.4 Å². The van der Waals surface area contributed by atoms with Crippen molar-refractivity contribution in [2.75, 3.05) is 5.32 Å². The highest BCUT2D eigenvalue weighted by Gasteiger charge is 2.20. The number of hydrogen-bond acceptors (Lipinski definition) is 6. The molecule has 0 unspecified atom stereocenters. The number of aromatic nitrogens is 2. The number of rotatable bonds is 6. The van der Waals surface area contributed by atoms with Crippen molar-refractivity contribution in [1.29, 1.82) is 0 Å². The summed E-state index contributed by atoms with van der Waals surface area (Å²) >= 11 is 0. The van der Waals surface area contributed by atoms with Crippen LogP contribution in [0.1, 0.15) is 6.92 Å². The number of hydrogen-bond donors (Lipinski definition) is 1. The second-order valence-corrected chi connectivity index (χ2v) is 5.83. The molecular weight excluding hydrogens is 369 g/mol. The van der Waals surface area contributed by atoms with Crippen LogP contribution in [0.15, 0.2) is 63.8 Å². The topological polar surface area (TPSA) is 103 Å². The van der Waals surface area contributed by atoms with E-state index in [1.807, 2.05) is 0 Å². The Hall–Kier alpha value is -3.75. The van der Waals surface area contributed by atoms with Crippen LogP contribution in [0.5, 0.6) is 0 Å². The van der Waals surface area contributed by atoms with E-state index in [-0.39, 0.29) is 11.6 Å². The molecule has 0 saturated heterocycles. The van der Waals surface area contributed by atoms with Gasteiger partial charge in [-0.05, 0) is 37.3 Å². The van der Waals surface area contributed by atoms with E-state index in [1.54, 1.807) is 30.3 Å². The van der Waals surface area contributed by atoms with Gasteiger partial charge in [-0.25, -0.2) is 9.18 Å². The molecular formula is C19H16FN3O5. The Morgan fingerprint density at radius 2 is 1.96 bits per heavy atom. The SMILES string of the molecule is C[C@@H](OC(=O)Cn1nc(-c2ccccc2)oc1=O)C(=O)Nc1cccc(F)c1. The number of halogens is 1. The van der Waals surface area contributed by atoms with Crippen LogP contribution in [-0.2, 0) is 20.9 Å². The van der Waals surface area contributed by atoms with Crippen LogP contribution in [0.2, 0.25) is 0 Å². The third-order valence-electron chi connectivity index (χ3n) is 3.68. The van der Waals surface area contributed by atoms with Gasteiger partial charge in [0.1, 0.15) is 12.4 Å². The van der Waals surface area contributed by atoms with Crippen molar-refractivity contribution in [3.05, 3.63) is 71.0 Å². The molecule has 1 aromatic heterocycles. The van der Waals surface area contributed by atoms with Gasteiger partial charge >= 0.3 is 11.7 Å². The lowest BCUT2D eigenvalue weighted by Crippen LogP contribution is -2.32. The van der Waals surface area contributed by atoms with E-state index in [4.69, 9.17) is 9.15 Å². The molecule has 2 aromatic carbocycles. The second kappa shape index (κ2) is 8.30. The Balaban J connectivity index is 1.60. The molecule has 28 heavy (non-hydrogen) atoms. The average Bonchev–Trinajstić information content (AvgIpc) is 3.02. The van der Waals surface area contributed by atoms with Gasteiger partial charge in [-0.2, -0.15) is 4.68 Å². The van der Waals surface area contributed by atoms with Gasteiger partial charge < -0.3 is 14.5 Å². The Kier molecular flexibility index (Phi) is 5.64. The summed E-state index contributed by atoms with van der Waals surface area (Å²) in [6, 6.07) is 14.0. The summed E-state index contributed by atoms with van der Waals surface area (Å²) in [5, 5.41) is 6.37. The van der Waals surface area contributed by atoms with E-state index in [0.717, 1.165) is 10.7 Å². The van der Waals surface area contributed by atoms with Crippen molar-refractivity contribution in [2.24, 2.45) is 0 Å². The van der Waals surface area contributed by atoms with E-state index in [1.165, 1.54) is 25.1 Å². The van der Waals surface area contributed by atoms with E-state index >= 15 is 0 Å². The zero-order valence-electron chi connectivity index (χ0n) is 14.8. The number of benzene rings is 2. The molecule has 1 N–H and O–H groups in total. The molecule has 9 heteroatoms. The lowest BCUT2D eigenvalue weighted by atomic mass is 10.2. The highest BCUT2D eigenvalue weighted by molar-refractivity contribution is 5.95. The molecule has 0 aliphatic rings. The molecule has 0 saturated carbocycles. The first-order chi connectivity index (χ1) is 13.4. The van der Waals surface area contributed by atoms with Crippen LogP contribution in [-0.4, -0.2) is 27.8 Å². The van der Waals surface area contributed by atoms with Crippen molar-refractivity contribution in [3.63, 3.8) is 0 Å². The average molecular weight is 385 g/mol. The summed E-state index contributed by atoms with van der Waals surface area (Å²) < 4.78 is 24.0. The first-order valence-corrected chi connectivity index (χ1v) is 8.31. The van der Waals surface area contributed by atoms with Gasteiger partial charge in [0, 0.05) is 11.3 Å². The fourth-order valence-corrected chi connectivity index (χ4v) is 2.32. The van der Waals surface area contributed by atoms with Gasteiger partial charge in [0.25, 0.3) is 5.91 Å². The predicted octanol–water partition coefficient (Wildman–Crippen LogP) is 2.21. The molecule has 0 spiro atoms. The number of ether oxygens (including phenoxy) is 1. The number of amides is 1. The maximum Gasteiger partial charge on any atom is 0.437 e. The van der Waals surface area contributed by atoms with E-state index in [9.17, 15) is 18.8 Å². The van der Waals surface area contributed by atoms with Gasteiger partial charge in [-0.3, -0.25) is 9.59 Å². The fraction of sp³-hybridized carbons (Fsp3) is 0.158. The molecule has 0 bridgehead atoms. The summed E-state index contributed by atoms with van der Waals surface area (Å²) in [5.74, 6) is -2.77. The highest BCUT2D eigenvalue weighted by atomic mass is 19.1. The zero-order valence-corrected chi connectivity index (χ0v) is 14.8. The van der Waals surface area contributed by atoms with Gasteiger partial charge in [0.05, 0.1) is 0 Å². The van der Waals surface area contributed by atoms with Crippen molar-refractivity contribution in [2.45, 2.75) is 19.6 Å². The molecule has 0 radical (unpaired) electrons. The van der Waals surface area contributed by atoms with Gasteiger partial charge in [-0.15, -0.1) is 5.10 Å². The molecule has 1 atom stereocenters. The highest BCUT2D eigenvalue weighted by Crippen LogP contribution is 2.14. The minimum absolute atomic E-state index is 0.0651. The van der Waals surface area contributed by atoms with Crippen LogP contribution in [0.3, 0.4) is 0 Å². The minimum atomic E-state index is -1.16. The molecule has 0 aliphatic heterocycles. The van der Waals surface area contributed by atoms with Crippen LogP contribution in [0.25, 0.3) is 11.5 Å². The molecule has 1 amide bonds. The van der Waals surface area contributed by atoms with Crippen LogP contribution in [0.4, 0.5) is 10.1 Å². The smallest absolute Gasteiger partial charge is 0.437 e. The number of nitrogens with zero attached hydrogens (tertiary/aromatic N) is 2. The van der Waals surface area contributed by atoms with Crippen molar-refractivity contribution < 1.29 is 23.1 Å². The molecule has 1 heterocycles.